The fourth-order valence-electron chi connectivity index (χ4n) is 4.01. The summed E-state index contributed by atoms with van der Waals surface area (Å²) in [5.41, 5.74) is 2.67. The average Bonchev–Trinajstić information content (AvgIpc) is 3.33. The van der Waals surface area contributed by atoms with Crippen LogP contribution < -0.4 is 9.46 Å². The number of nitrogens with one attached hydrogen (secondary N) is 1. The normalized spacial score (nSPS) is 16.4. The van der Waals surface area contributed by atoms with Crippen LogP contribution in [-0.2, 0) is 21.3 Å². The molecule has 1 N–H and O–H groups in total. The minimum atomic E-state index is -3.43. The van der Waals surface area contributed by atoms with Gasteiger partial charge in [-0.1, -0.05) is 12.1 Å². The predicted molar refractivity (Wildman–Crippen MR) is 116 cm³/mol. The van der Waals surface area contributed by atoms with Crippen LogP contribution in [0, 0.1) is 11.3 Å². The molecule has 1 unspecified atom stereocenters. The van der Waals surface area contributed by atoms with Gasteiger partial charge >= 0.3 is 6.61 Å². The molecule has 0 saturated carbocycles. The number of hydrogen-bond donors (Lipinski definition) is 1. The first-order valence-corrected chi connectivity index (χ1v) is 11.9. The third-order valence-electron chi connectivity index (χ3n) is 5.24. The smallest absolute Gasteiger partial charge is 0.387 e. The van der Waals surface area contributed by atoms with Crippen LogP contribution in [0.3, 0.4) is 0 Å². The molecule has 0 radical (unpaired) electrons. The Labute approximate surface area is 184 Å². The van der Waals surface area contributed by atoms with Gasteiger partial charge in [0, 0.05) is 30.3 Å². The molecule has 4 rings (SSSR count). The van der Waals surface area contributed by atoms with Crippen molar-refractivity contribution in [2.24, 2.45) is 0 Å². The maximum Gasteiger partial charge on any atom is 0.387 e. The number of aromatic nitrogens is 1. The van der Waals surface area contributed by atoms with Gasteiger partial charge in [-0.25, -0.2) is 8.42 Å². The monoisotopic (exact) mass is 461 g/mol. The van der Waals surface area contributed by atoms with Crippen LogP contribution in [-0.4, -0.2) is 38.6 Å². The summed E-state index contributed by atoms with van der Waals surface area (Å²) in [7, 11) is -3.43. The lowest BCUT2D eigenvalue weighted by Crippen LogP contribution is -2.16. The number of halogens is 2. The Morgan fingerprint density at radius 1 is 1.28 bits per heavy atom. The number of ether oxygens (including phenoxy) is 2. The highest BCUT2D eigenvalue weighted by Gasteiger charge is 2.24. The van der Waals surface area contributed by atoms with Crippen molar-refractivity contribution in [3.8, 4) is 23.1 Å². The van der Waals surface area contributed by atoms with Gasteiger partial charge in [-0.05, 0) is 42.7 Å². The zero-order valence-electron chi connectivity index (χ0n) is 17.2. The lowest BCUT2D eigenvalue weighted by molar-refractivity contribution is -0.0497. The number of anilines is 1. The summed E-state index contributed by atoms with van der Waals surface area (Å²) in [6, 6.07) is 13.4. The van der Waals surface area contributed by atoms with E-state index in [4.69, 9.17) is 4.74 Å². The minimum absolute atomic E-state index is 0.00216. The van der Waals surface area contributed by atoms with E-state index in [1.165, 1.54) is 12.1 Å². The van der Waals surface area contributed by atoms with E-state index >= 15 is 0 Å². The third kappa shape index (κ3) is 4.69. The molecule has 0 aliphatic carbocycles. The second kappa shape index (κ2) is 8.76. The largest absolute Gasteiger partial charge is 0.435 e. The summed E-state index contributed by atoms with van der Waals surface area (Å²) in [4.78, 5) is 0. The number of sulfonamides is 1. The maximum atomic E-state index is 12.8. The first-order valence-electron chi connectivity index (χ1n) is 9.96. The minimum Gasteiger partial charge on any atom is -0.435 e. The Morgan fingerprint density at radius 3 is 2.62 bits per heavy atom. The Kier molecular flexibility index (Phi) is 6.04. The number of nitriles is 1. The van der Waals surface area contributed by atoms with Crippen LogP contribution in [0.25, 0.3) is 22.2 Å². The van der Waals surface area contributed by atoms with Crippen molar-refractivity contribution in [1.29, 1.82) is 5.26 Å². The zero-order valence-corrected chi connectivity index (χ0v) is 18.0. The van der Waals surface area contributed by atoms with Crippen LogP contribution in [0.2, 0.25) is 0 Å². The van der Waals surface area contributed by atoms with Crippen molar-refractivity contribution in [2.45, 2.75) is 32.1 Å². The summed E-state index contributed by atoms with van der Waals surface area (Å²) in [6.07, 6.45) is 2.77. The van der Waals surface area contributed by atoms with E-state index in [-0.39, 0.29) is 11.9 Å². The number of nitrogens with zero attached hydrogens (tertiary/aromatic N) is 2. The van der Waals surface area contributed by atoms with E-state index in [1.54, 1.807) is 30.3 Å². The molecule has 1 atom stereocenters. The summed E-state index contributed by atoms with van der Waals surface area (Å²) in [5, 5.41) is 10.5. The molecule has 32 heavy (non-hydrogen) atoms. The van der Waals surface area contributed by atoms with Crippen molar-refractivity contribution in [3.63, 3.8) is 0 Å². The highest BCUT2D eigenvalue weighted by atomic mass is 32.2. The van der Waals surface area contributed by atoms with E-state index in [0.717, 1.165) is 19.1 Å². The van der Waals surface area contributed by atoms with Gasteiger partial charge in [0.1, 0.15) is 11.8 Å². The molecule has 1 aliphatic heterocycles. The van der Waals surface area contributed by atoms with Crippen LogP contribution in [0.5, 0.6) is 5.75 Å². The molecule has 168 valence electrons. The fraction of sp³-hybridized carbons (Fsp3) is 0.318. The topological polar surface area (TPSA) is 93.4 Å². The Hall–Kier alpha value is -3.16. The van der Waals surface area contributed by atoms with Gasteiger partial charge in [-0.3, -0.25) is 4.72 Å². The highest BCUT2D eigenvalue weighted by Crippen LogP contribution is 2.37. The number of fused-ring (bicyclic) bond motifs is 1. The van der Waals surface area contributed by atoms with Gasteiger partial charge in [0.15, 0.2) is 0 Å². The van der Waals surface area contributed by atoms with Crippen molar-refractivity contribution in [2.75, 3.05) is 17.6 Å². The maximum absolute atomic E-state index is 12.8. The van der Waals surface area contributed by atoms with Crippen molar-refractivity contribution >= 4 is 26.6 Å². The van der Waals surface area contributed by atoms with Crippen molar-refractivity contribution in [1.82, 2.24) is 4.57 Å². The second-order valence-corrected chi connectivity index (χ2v) is 9.34. The Bertz CT molecular complexity index is 1280. The molecule has 1 saturated heterocycles. The molecule has 10 heteroatoms. The SMILES string of the molecule is CS(=O)(=O)Nc1ccc(-c2c(C#N)c3ccc(OC(F)F)cc3n2CC2CCCO2)cc1. The van der Waals surface area contributed by atoms with E-state index in [0.29, 0.717) is 46.6 Å². The molecule has 3 aromatic rings. The average molecular weight is 461 g/mol. The standard InChI is InChI=1S/C22H21F2N3O4S/c1-32(28,29)26-15-6-4-14(5-7-15)21-19(12-25)18-9-8-16(31-22(23)24)11-20(18)27(21)13-17-3-2-10-30-17/h4-9,11,17,22,26H,2-3,10,13H2,1H3. The number of benzene rings is 2. The molecular formula is C22H21F2N3O4S. The Balaban J connectivity index is 1.86. The molecule has 1 aliphatic rings. The van der Waals surface area contributed by atoms with Gasteiger partial charge in [0.25, 0.3) is 0 Å². The Morgan fingerprint density at radius 2 is 2.03 bits per heavy atom. The van der Waals surface area contributed by atoms with Gasteiger partial charge in [0.05, 0.1) is 29.1 Å². The molecule has 2 aromatic carbocycles. The molecule has 0 bridgehead atoms. The van der Waals surface area contributed by atoms with Crippen LogP contribution in [0.15, 0.2) is 42.5 Å². The quantitative estimate of drug-likeness (QED) is 0.565. The number of rotatable bonds is 7. The van der Waals surface area contributed by atoms with Gasteiger partial charge in [-0.15, -0.1) is 0 Å². The number of alkyl halides is 2. The van der Waals surface area contributed by atoms with E-state index in [2.05, 4.69) is 15.5 Å². The molecule has 1 aromatic heterocycles. The fourth-order valence-corrected chi connectivity index (χ4v) is 4.57. The van der Waals surface area contributed by atoms with E-state index in [1.807, 2.05) is 4.57 Å². The molecular weight excluding hydrogens is 440 g/mol. The molecule has 1 fully saturated rings. The van der Waals surface area contributed by atoms with Crippen molar-refractivity contribution < 1.29 is 26.7 Å². The molecule has 2 heterocycles. The molecule has 7 nitrogen and oxygen atoms in total. The first-order chi connectivity index (χ1) is 15.2. The van der Waals surface area contributed by atoms with Crippen molar-refractivity contribution in [3.05, 3.63) is 48.0 Å². The molecule has 0 amide bonds. The highest BCUT2D eigenvalue weighted by molar-refractivity contribution is 7.92. The van der Waals surface area contributed by atoms with Gasteiger partial charge in [-0.2, -0.15) is 14.0 Å². The second-order valence-electron chi connectivity index (χ2n) is 7.59. The van der Waals surface area contributed by atoms with Crippen LogP contribution in [0.4, 0.5) is 14.5 Å². The lowest BCUT2D eigenvalue weighted by Gasteiger charge is -2.16. The predicted octanol–water partition coefficient (Wildman–Crippen LogP) is 4.33. The summed E-state index contributed by atoms with van der Waals surface area (Å²) < 4.78 is 63.2. The van der Waals surface area contributed by atoms with Crippen LogP contribution in [0.1, 0.15) is 18.4 Å². The van der Waals surface area contributed by atoms with Gasteiger partial charge in [0.2, 0.25) is 10.0 Å². The first kappa shape index (κ1) is 22.0. The van der Waals surface area contributed by atoms with E-state index in [9.17, 15) is 22.5 Å². The van der Waals surface area contributed by atoms with Crippen LogP contribution >= 0.6 is 0 Å². The third-order valence-corrected chi connectivity index (χ3v) is 5.85. The van der Waals surface area contributed by atoms with E-state index < -0.39 is 16.6 Å². The zero-order chi connectivity index (χ0) is 22.9. The molecule has 0 spiro atoms. The summed E-state index contributed by atoms with van der Waals surface area (Å²) in [6.45, 7) is -1.87. The van der Waals surface area contributed by atoms with Gasteiger partial charge < -0.3 is 14.0 Å². The summed E-state index contributed by atoms with van der Waals surface area (Å²) >= 11 is 0. The lowest BCUT2D eigenvalue weighted by atomic mass is 10.1. The number of hydrogen-bond acceptors (Lipinski definition) is 5. The summed E-state index contributed by atoms with van der Waals surface area (Å²) in [5.74, 6) is 0.00216.